The van der Waals surface area contributed by atoms with Gasteiger partial charge in [-0.1, -0.05) is 6.92 Å². The van der Waals surface area contributed by atoms with Gasteiger partial charge in [-0.2, -0.15) is 18.3 Å². The van der Waals surface area contributed by atoms with E-state index in [4.69, 9.17) is 4.74 Å². The molecule has 2 unspecified atom stereocenters. The number of Topliss-reactive ketones (excluding diaryl/α,β-unsaturated/α-hetero) is 1. The predicted molar refractivity (Wildman–Crippen MR) is 109 cm³/mol. The number of aliphatic imine (C=N–C) groups is 1. The second kappa shape index (κ2) is 8.63. The Balaban J connectivity index is 1.82. The van der Waals surface area contributed by atoms with Gasteiger partial charge in [0.25, 0.3) is 0 Å². The number of ketones is 1. The number of fused-ring (bicyclic) bond motifs is 1. The third kappa shape index (κ3) is 5.46. The molecular weight excluding hydrogens is 413 g/mol. The second-order valence-corrected chi connectivity index (χ2v) is 9.18. The molecule has 1 fully saturated rings. The topological polar surface area (TPSA) is 76.8 Å². The van der Waals surface area contributed by atoms with Crippen molar-refractivity contribution in [3.05, 3.63) is 11.8 Å². The Bertz CT molecular complexity index is 870. The number of piperidine rings is 1. The molecule has 0 saturated carbocycles. The van der Waals surface area contributed by atoms with Crippen LogP contribution in [0.25, 0.3) is 0 Å². The number of halogens is 3. The molecule has 0 aromatic carbocycles. The molecule has 1 saturated heterocycles. The van der Waals surface area contributed by atoms with E-state index in [0.29, 0.717) is 30.9 Å². The molecule has 0 radical (unpaired) electrons. The van der Waals surface area contributed by atoms with Gasteiger partial charge in [-0.3, -0.25) is 4.79 Å². The fraction of sp³-hybridized carbons (Fsp3) is 0.714. The van der Waals surface area contributed by atoms with Crippen LogP contribution in [0.1, 0.15) is 76.2 Å². The van der Waals surface area contributed by atoms with Crippen molar-refractivity contribution in [2.45, 2.75) is 77.6 Å². The number of alkyl halides is 3. The SMILES string of the molecule is CCC(CC1=Nc2c(cnn2C2CCCN(C(=O)OC(C)(C)C)C2)C(=O)C1)C(F)(F)F. The van der Waals surface area contributed by atoms with Gasteiger partial charge in [-0.25, -0.2) is 14.5 Å². The average molecular weight is 442 g/mol. The Morgan fingerprint density at radius 2 is 2.03 bits per heavy atom. The number of nitrogens with zero attached hydrogens (tertiary/aromatic N) is 4. The monoisotopic (exact) mass is 442 g/mol. The molecule has 0 spiro atoms. The lowest BCUT2D eigenvalue weighted by Crippen LogP contribution is -2.43. The minimum absolute atomic E-state index is 0.0731. The van der Waals surface area contributed by atoms with E-state index < -0.39 is 23.8 Å². The zero-order valence-electron chi connectivity index (χ0n) is 18.3. The highest BCUT2D eigenvalue weighted by Crippen LogP contribution is 2.36. The molecule has 3 rings (SSSR count). The van der Waals surface area contributed by atoms with Crippen LogP contribution < -0.4 is 0 Å². The molecule has 0 N–H and O–H groups in total. The van der Waals surface area contributed by atoms with Crippen molar-refractivity contribution in [3.8, 4) is 0 Å². The fourth-order valence-corrected chi connectivity index (χ4v) is 3.94. The zero-order valence-corrected chi connectivity index (χ0v) is 18.3. The third-order valence-electron chi connectivity index (χ3n) is 5.53. The van der Waals surface area contributed by atoms with Crippen LogP contribution in [0.2, 0.25) is 0 Å². The van der Waals surface area contributed by atoms with Crippen molar-refractivity contribution in [1.29, 1.82) is 0 Å². The van der Waals surface area contributed by atoms with E-state index >= 15 is 0 Å². The molecule has 2 aliphatic rings. The Morgan fingerprint density at radius 3 is 2.65 bits per heavy atom. The number of likely N-dealkylation sites (tertiary alicyclic amines) is 1. The smallest absolute Gasteiger partial charge is 0.410 e. The molecule has 3 heterocycles. The maximum atomic E-state index is 13.2. The summed E-state index contributed by atoms with van der Waals surface area (Å²) >= 11 is 0. The van der Waals surface area contributed by atoms with Crippen molar-refractivity contribution < 1.29 is 27.5 Å². The van der Waals surface area contributed by atoms with E-state index in [-0.39, 0.29) is 36.8 Å². The van der Waals surface area contributed by atoms with Gasteiger partial charge in [0.1, 0.15) is 5.60 Å². The largest absolute Gasteiger partial charge is 0.444 e. The van der Waals surface area contributed by atoms with Crippen molar-refractivity contribution >= 4 is 23.4 Å². The lowest BCUT2D eigenvalue weighted by molar-refractivity contribution is -0.173. The standard InChI is InChI=1S/C21H29F3N4O3/c1-5-13(21(22,23)24)9-14-10-17(29)16-11-25-28(18(16)26-14)15-7-6-8-27(12-15)19(30)31-20(2,3)4/h11,13,15H,5-10,12H2,1-4H3. The van der Waals surface area contributed by atoms with Crippen LogP contribution in [0.5, 0.6) is 0 Å². The summed E-state index contributed by atoms with van der Waals surface area (Å²) in [6, 6.07) is -0.231. The Labute approximate surface area is 179 Å². The summed E-state index contributed by atoms with van der Waals surface area (Å²) in [4.78, 5) is 31.0. The highest BCUT2D eigenvalue weighted by atomic mass is 19.4. The Morgan fingerprint density at radius 1 is 1.32 bits per heavy atom. The van der Waals surface area contributed by atoms with Crippen LogP contribution in [-0.4, -0.2) is 57.1 Å². The maximum Gasteiger partial charge on any atom is 0.410 e. The third-order valence-corrected chi connectivity index (χ3v) is 5.53. The molecule has 2 aliphatic heterocycles. The number of carbonyl (C=O) groups excluding carboxylic acids is 2. The molecule has 1 amide bonds. The van der Waals surface area contributed by atoms with Crippen LogP contribution in [-0.2, 0) is 4.74 Å². The van der Waals surface area contributed by atoms with Gasteiger partial charge in [0.15, 0.2) is 11.6 Å². The van der Waals surface area contributed by atoms with Crippen LogP contribution in [0.15, 0.2) is 11.2 Å². The normalized spacial score (nSPS) is 20.9. The lowest BCUT2D eigenvalue weighted by Gasteiger charge is -2.34. The van der Waals surface area contributed by atoms with E-state index in [1.165, 1.54) is 13.1 Å². The summed E-state index contributed by atoms with van der Waals surface area (Å²) < 4.78 is 46.7. The maximum absolute atomic E-state index is 13.2. The number of amides is 1. The van der Waals surface area contributed by atoms with E-state index in [0.717, 1.165) is 6.42 Å². The number of hydrogen-bond acceptors (Lipinski definition) is 5. The van der Waals surface area contributed by atoms with E-state index in [1.807, 2.05) is 0 Å². The minimum Gasteiger partial charge on any atom is -0.444 e. The molecule has 2 atom stereocenters. The van der Waals surface area contributed by atoms with Gasteiger partial charge in [-0.05, 0) is 46.5 Å². The van der Waals surface area contributed by atoms with Gasteiger partial charge in [0.05, 0.1) is 23.7 Å². The van der Waals surface area contributed by atoms with E-state index in [9.17, 15) is 22.8 Å². The summed E-state index contributed by atoms with van der Waals surface area (Å²) in [6.07, 6.45) is -2.40. The number of carbonyl (C=O) groups is 2. The molecule has 0 aliphatic carbocycles. The molecule has 1 aromatic heterocycles. The van der Waals surface area contributed by atoms with Gasteiger partial charge in [0, 0.05) is 25.2 Å². The minimum atomic E-state index is -4.34. The number of ether oxygens (including phenoxy) is 1. The second-order valence-electron chi connectivity index (χ2n) is 9.18. The van der Waals surface area contributed by atoms with Crippen LogP contribution >= 0.6 is 0 Å². The molecular formula is C21H29F3N4O3. The van der Waals surface area contributed by atoms with Gasteiger partial charge in [0.2, 0.25) is 0 Å². The fourth-order valence-electron chi connectivity index (χ4n) is 3.94. The highest BCUT2D eigenvalue weighted by molar-refractivity contribution is 6.15. The van der Waals surface area contributed by atoms with Crippen molar-refractivity contribution in [2.24, 2.45) is 10.9 Å². The molecule has 1 aromatic rings. The van der Waals surface area contributed by atoms with Crippen LogP contribution in [0.4, 0.5) is 23.8 Å². The summed E-state index contributed by atoms with van der Waals surface area (Å²) in [5.41, 5.74) is -0.0733. The van der Waals surface area contributed by atoms with Crippen molar-refractivity contribution in [1.82, 2.24) is 14.7 Å². The zero-order chi connectivity index (χ0) is 23.0. The van der Waals surface area contributed by atoms with Crippen LogP contribution in [0.3, 0.4) is 0 Å². The number of hydrogen-bond donors (Lipinski definition) is 0. The first-order valence-corrected chi connectivity index (χ1v) is 10.6. The lowest BCUT2D eigenvalue weighted by atomic mass is 9.93. The molecule has 0 bridgehead atoms. The Kier molecular flexibility index (Phi) is 6.48. The predicted octanol–water partition coefficient (Wildman–Crippen LogP) is 5.09. The van der Waals surface area contributed by atoms with Crippen LogP contribution in [0, 0.1) is 5.92 Å². The summed E-state index contributed by atoms with van der Waals surface area (Å²) in [5, 5.41) is 4.31. The van der Waals surface area contributed by atoms with Gasteiger partial charge >= 0.3 is 12.3 Å². The van der Waals surface area contributed by atoms with E-state index in [1.54, 1.807) is 30.4 Å². The highest BCUT2D eigenvalue weighted by Gasteiger charge is 2.40. The summed E-state index contributed by atoms with van der Waals surface area (Å²) in [6.45, 7) is 7.74. The first-order valence-electron chi connectivity index (χ1n) is 10.6. The quantitative estimate of drug-likeness (QED) is 0.651. The van der Waals surface area contributed by atoms with E-state index in [2.05, 4.69) is 10.1 Å². The first-order chi connectivity index (χ1) is 14.4. The van der Waals surface area contributed by atoms with Crippen molar-refractivity contribution in [3.63, 3.8) is 0 Å². The van der Waals surface area contributed by atoms with Crippen molar-refractivity contribution in [2.75, 3.05) is 13.1 Å². The molecule has 10 heteroatoms. The van der Waals surface area contributed by atoms with Gasteiger partial charge in [-0.15, -0.1) is 0 Å². The Hall–Kier alpha value is -2.39. The number of aromatic nitrogens is 2. The molecule has 172 valence electrons. The summed E-state index contributed by atoms with van der Waals surface area (Å²) in [7, 11) is 0. The summed E-state index contributed by atoms with van der Waals surface area (Å²) in [5.74, 6) is -1.52. The molecule has 31 heavy (non-hydrogen) atoms. The average Bonchev–Trinajstić information content (AvgIpc) is 3.08. The number of rotatable bonds is 4. The first kappa shape index (κ1) is 23.3. The molecule has 7 nitrogen and oxygen atoms in total. The van der Waals surface area contributed by atoms with Gasteiger partial charge < -0.3 is 9.64 Å².